The van der Waals surface area contributed by atoms with E-state index in [1.165, 1.54) is 0 Å². The van der Waals surface area contributed by atoms with Gasteiger partial charge in [-0.2, -0.15) is 0 Å². The molecule has 1 saturated carbocycles. The SMILES string of the molecule is O=C(NCc1csc([C@@H]2CCCN(C(=O)COc3ccccc3)C2)n1)C1CC1. The Morgan fingerprint density at radius 3 is 2.82 bits per heavy atom. The second-order valence-corrected chi connectivity index (χ2v) is 8.34. The van der Waals surface area contributed by atoms with Crippen molar-refractivity contribution in [1.82, 2.24) is 15.2 Å². The Hall–Kier alpha value is -2.41. The topological polar surface area (TPSA) is 71.5 Å². The zero-order chi connectivity index (χ0) is 19.3. The van der Waals surface area contributed by atoms with E-state index in [0.29, 0.717) is 18.8 Å². The van der Waals surface area contributed by atoms with E-state index in [-0.39, 0.29) is 30.3 Å². The number of hydrogen-bond acceptors (Lipinski definition) is 5. The third-order valence-electron chi connectivity index (χ3n) is 5.19. The number of carbonyl (C=O) groups excluding carboxylic acids is 2. The lowest BCUT2D eigenvalue weighted by atomic mass is 9.98. The van der Waals surface area contributed by atoms with Gasteiger partial charge in [-0.05, 0) is 37.8 Å². The van der Waals surface area contributed by atoms with Crippen LogP contribution in [-0.4, -0.2) is 41.4 Å². The van der Waals surface area contributed by atoms with Gasteiger partial charge >= 0.3 is 0 Å². The molecule has 1 aromatic carbocycles. The average Bonchev–Trinajstić information content (AvgIpc) is 3.49. The number of aromatic nitrogens is 1. The number of para-hydroxylation sites is 1. The van der Waals surface area contributed by atoms with Crippen molar-refractivity contribution in [3.05, 3.63) is 46.4 Å². The van der Waals surface area contributed by atoms with Gasteiger partial charge in [0.05, 0.1) is 17.2 Å². The Bertz CT molecular complexity index is 819. The number of benzene rings is 1. The van der Waals surface area contributed by atoms with Gasteiger partial charge in [0.25, 0.3) is 5.91 Å². The Balaban J connectivity index is 1.28. The van der Waals surface area contributed by atoms with E-state index in [2.05, 4.69) is 5.32 Å². The predicted molar refractivity (Wildman–Crippen MR) is 107 cm³/mol. The molecule has 0 spiro atoms. The van der Waals surface area contributed by atoms with Crippen LogP contribution >= 0.6 is 11.3 Å². The maximum atomic E-state index is 12.5. The number of ether oxygens (including phenoxy) is 1. The van der Waals surface area contributed by atoms with E-state index in [4.69, 9.17) is 9.72 Å². The van der Waals surface area contributed by atoms with Crippen molar-refractivity contribution in [2.45, 2.75) is 38.1 Å². The molecule has 2 aromatic rings. The fraction of sp³-hybridized carbons (Fsp3) is 0.476. The summed E-state index contributed by atoms with van der Waals surface area (Å²) in [5.74, 6) is 1.34. The molecule has 2 aliphatic rings. The predicted octanol–water partition coefficient (Wildman–Crippen LogP) is 2.95. The van der Waals surface area contributed by atoms with Crippen LogP contribution in [0.2, 0.25) is 0 Å². The van der Waals surface area contributed by atoms with Crippen LogP contribution in [0.4, 0.5) is 0 Å². The standard InChI is InChI=1S/C21H25N3O3S/c25-19(13-27-18-6-2-1-3-7-18)24-10-4-5-16(12-24)21-23-17(14-28-21)11-22-20(26)15-8-9-15/h1-3,6-7,14-16H,4-5,8-13H2,(H,22,26)/t16-/m1/s1. The molecule has 0 radical (unpaired) electrons. The number of rotatable bonds is 7. The number of piperidine rings is 1. The number of thiazole rings is 1. The lowest BCUT2D eigenvalue weighted by Crippen LogP contribution is -2.41. The Labute approximate surface area is 168 Å². The van der Waals surface area contributed by atoms with Crippen LogP contribution < -0.4 is 10.1 Å². The van der Waals surface area contributed by atoms with Gasteiger partial charge in [0.1, 0.15) is 5.75 Å². The highest BCUT2D eigenvalue weighted by atomic mass is 32.1. The molecule has 2 heterocycles. The highest BCUT2D eigenvalue weighted by Crippen LogP contribution is 2.30. The summed E-state index contributed by atoms with van der Waals surface area (Å²) < 4.78 is 5.60. The fourth-order valence-electron chi connectivity index (χ4n) is 3.42. The zero-order valence-electron chi connectivity index (χ0n) is 15.8. The molecule has 0 unspecified atom stereocenters. The summed E-state index contributed by atoms with van der Waals surface area (Å²) in [5.41, 5.74) is 0.907. The van der Waals surface area contributed by atoms with Crippen LogP contribution in [0.15, 0.2) is 35.7 Å². The number of nitrogens with one attached hydrogen (secondary N) is 1. The largest absolute Gasteiger partial charge is 0.484 e. The molecule has 0 bridgehead atoms. The highest BCUT2D eigenvalue weighted by Gasteiger charge is 2.30. The molecular weight excluding hydrogens is 374 g/mol. The minimum atomic E-state index is 0.0158. The molecule has 148 valence electrons. The third-order valence-corrected chi connectivity index (χ3v) is 6.25. The lowest BCUT2D eigenvalue weighted by Gasteiger charge is -2.31. The van der Waals surface area contributed by atoms with Gasteiger partial charge < -0.3 is 15.0 Å². The van der Waals surface area contributed by atoms with Crippen molar-refractivity contribution >= 4 is 23.2 Å². The van der Waals surface area contributed by atoms with Crippen molar-refractivity contribution in [2.75, 3.05) is 19.7 Å². The molecule has 4 rings (SSSR count). The van der Waals surface area contributed by atoms with Crippen molar-refractivity contribution < 1.29 is 14.3 Å². The summed E-state index contributed by atoms with van der Waals surface area (Å²) in [5, 5.41) is 6.03. The molecule has 1 aromatic heterocycles. The minimum absolute atomic E-state index is 0.0158. The quantitative estimate of drug-likeness (QED) is 0.777. The maximum Gasteiger partial charge on any atom is 0.260 e. The lowest BCUT2D eigenvalue weighted by molar-refractivity contribution is -0.134. The summed E-state index contributed by atoms with van der Waals surface area (Å²) in [7, 11) is 0. The van der Waals surface area contributed by atoms with Crippen LogP contribution in [0.25, 0.3) is 0 Å². The van der Waals surface area contributed by atoms with Crippen molar-refractivity contribution in [1.29, 1.82) is 0 Å². The van der Waals surface area contributed by atoms with Crippen molar-refractivity contribution in [3.63, 3.8) is 0 Å². The van der Waals surface area contributed by atoms with Gasteiger partial charge in [0, 0.05) is 30.3 Å². The monoisotopic (exact) mass is 399 g/mol. The van der Waals surface area contributed by atoms with Crippen LogP contribution in [0, 0.1) is 5.92 Å². The number of likely N-dealkylation sites (tertiary alicyclic amines) is 1. The normalized spacial score (nSPS) is 19.3. The fourth-order valence-corrected chi connectivity index (χ4v) is 4.36. The van der Waals surface area contributed by atoms with E-state index in [1.807, 2.05) is 40.6 Å². The molecule has 28 heavy (non-hydrogen) atoms. The number of amides is 2. The molecular formula is C21H25N3O3S. The number of carbonyl (C=O) groups is 2. The first-order chi connectivity index (χ1) is 13.7. The third kappa shape index (κ3) is 4.90. The van der Waals surface area contributed by atoms with E-state index in [0.717, 1.165) is 42.9 Å². The van der Waals surface area contributed by atoms with Crippen LogP contribution in [-0.2, 0) is 16.1 Å². The number of nitrogens with zero attached hydrogens (tertiary/aromatic N) is 2. The molecule has 1 saturated heterocycles. The zero-order valence-corrected chi connectivity index (χ0v) is 16.6. The molecule has 2 amide bonds. The van der Waals surface area contributed by atoms with Gasteiger partial charge in [-0.15, -0.1) is 11.3 Å². The van der Waals surface area contributed by atoms with Gasteiger partial charge in [0.15, 0.2) is 6.61 Å². The van der Waals surface area contributed by atoms with E-state index in [1.54, 1.807) is 11.3 Å². The van der Waals surface area contributed by atoms with Crippen molar-refractivity contribution in [2.24, 2.45) is 5.92 Å². The van der Waals surface area contributed by atoms with Crippen LogP contribution in [0.1, 0.15) is 42.3 Å². The second-order valence-electron chi connectivity index (χ2n) is 7.45. The summed E-state index contributed by atoms with van der Waals surface area (Å²) in [6, 6.07) is 9.41. The molecule has 1 aliphatic heterocycles. The minimum Gasteiger partial charge on any atom is -0.484 e. The van der Waals surface area contributed by atoms with E-state index < -0.39 is 0 Å². The Morgan fingerprint density at radius 2 is 2.04 bits per heavy atom. The Kier molecular flexibility index (Phi) is 5.90. The highest BCUT2D eigenvalue weighted by molar-refractivity contribution is 7.09. The maximum absolute atomic E-state index is 12.5. The van der Waals surface area contributed by atoms with Gasteiger partial charge in [0.2, 0.25) is 5.91 Å². The smallest absolute Gasteiger partial charge is 0.260 e. The summed E-state index contributed by atoms with van der Waals surface area (Å²) >= 11 is 1.62. The molecule has 1 atom stereocenters. The van der Waals surface area contributed by atoms with Crippen LogP contribution in [0.3, 0.4) is 0 Å². The molecule has 1 aliphatic carbocycles. The second kappa shape index (κ2) is 8.73. The van der Waals surface area contributed by atoms with Gasteiger partial charge in [-0.3, -0.25) is 9.59 Å². The molecule has 1 N–H and O–H groups in total. The summed E-state index contributed by atoms with van der Waals surface area (Å²) in [6.45, 7) is 2.00. The molecule has 6 nitrogen and oxygen atoms in total. The van der Waals surface area contributed by atoms with E-state index in [9.17, 15) is 9.59 Å². The van der Waals surface area contributed by atoms with Gasteiger partial charge in [-0.25, -0.2) is 4.98 Å². The first-order valence-electron chi connectivity index (χ1n) is 9.86. The van der Waals surface area contributed by atoms with Crippen molar-refractivity contribution in [3.8, 4) is 5.75 Å². The van der Waals surface area contributed by atoms with Crippen LogP contribution in [0.5, 0.6) is 5.75 Å². The average molecular weight is 400 g/mol. The Morgan fingerprint density at radius 1 is 1.21 bits per heavy atom. The van der Waals surface area contributed by atoms with Gasteiger partial charge in [-0.1, -0.05) is 18.2 Å². The van der Waals surface area contributed by atoms with E-state index >= 15 is 0 Å². The first-order valence-corrected chi connectivity index (χ1v) is 10.7. The molecule has 7 heteroatoms. The molecule has 2 fully saturated rings. The first kappa shape index (κ1) is 18.9. The summed E-state index contributed by atoms with van der Waals surface area (Å²) in [6.07, 6.45) is 4.02. The summed E-state index contributed by atoms with van der Waals surface area (Å²) in [4.78, 5) is 30.9. The number of hydrogen-bond donors (Lipinski definition) is 1.